The molecule has 3 aromatic carbocycles. The molecule has 3 N–H and O–H groups in total. The van der Waals surface area contributed by atoms with Gasteiger partial charge in [0.2, 0.25) is 0 Å². The number of hydrogen-bond acceptors (Lipinski definition) is 6. The summed E-state index contributed by atoms with van der Waals surface area (Å²) in [5.41, 5.74) is 1.74. The molecular formula is C28H34O4S2. The van der Waals surface area contributed by atoms with Gasteiger partial charge in [0.25, 0.3) is 0 Å². The van der Waals surface area contributed by atoms with Gasteiger partial charge in [0.05, 0.1) is 11.2 Å². The van der Waals surface area contributed by atoms with Crippen LogP contribution in [0.5, 0.6) is 0 Å². The molecule has 34 heavy (non-hydrogen) atoms. The molecule has 0 fully saturated rings. The first-order valence-corrected chi connectivity index (χ1v) is 13.7. The molecule has 0 saturated carbocycles. The summed E-state index contributed by atoms with van der Waals surface area (Å²) in [4.78, 5) is 0. The Balaban J connectivity index is 1.95. The smallest absolute Gasteiger partial charge is 0.143 e. The fourth-order valence-corrected chi connectivity index (χ4v) is 6.61. The number of aliphatic hydroxyl groups is 3. The van der Waals surface area contributed by atoms with E-state index in [1.807, 2.05) is 105 Å². The Morgan fingerprint density at radius 2 is 1.03 bits per heavy atom. The van der Waals surface area contributed by atoms with Crippen molar-refractivity contribution in [2.75, 3.05) is 18.1 Å². The van der Waals surface area contributed by atoms with Gasteiger partial charge in [0.15, 0.2) is 0 Å². The molecule has 4 nitrogen and oxygen atoms in total. The van der Waals surface area contributed by atoms with Crippen molar-refractivity contribution in [2.45, 2.75) is 42.3 Å². The third-order valence-electron chi connectivity index (χ3n) is 5.70. The van der Waals surface area contributed by atoms with Crippen LogP contribution < -0.4 is 0 Å². The first-order chi connectivity index (χ1) is 16.5. The SMILES string of the molecule is CCSC(SCC)C(O)C(O)C(O)COC(c1ccccc1)(c1ccccc1)c1ccccc1. The van der Waals surface area contributed by atoms with Gasteiger partial charge in [0, 0.05) is 0 Å². The summed E-state index contributed by atoms with van der Waals surface area (Å²) < 4.78 is 6.37. The highest BCUT2D eigenvalue weighted by atomic mass is 32.2. The van der Waals surface area contributed by atoms with E-state index in [1.54, 1.807) is 23.5 Å². The summed E-state index contributed by atoms with van der Waals surface area (Å²) in [6.45, 7) is 3.87. The highest BCUT2D eigenvalue weighted by molar-refractivity contribution is 8.17. The van der Waals surface area contributed by atoms with Gasteiger partial charge in [-0.1, -0.05) is 105 Å². The first kappa shape index (κ1) is 26.8. The van der Waals surface area contributed by atoms with Crippen LogP contribution in [0.25, 0.3) is 0 Å². The van der Waals surface area contributed by atoms with Gasteiger partial charge >= 0.3 is 0 Å². The molecule has 0 aromatic heterocycles. The summed E-state index contributed by atoms with van der Waals surface area (Å²) in [5, 5.41) is 32.5. The molecule has 0 heterocycles. The van der Waals surface area contributed by atoms with E-state index >= 15 is 0 Å². The Labute approximate surface area is 211 Å². The number of aliphatic hydroxyl groups excluding tert-OH is 3. The number of ether oxygens (including phenoxy) is 1. The molecule has 0 radical (unpaired) electrons. The van der Waals surface area contributed by atoms with E-state index in [0.29, 0.717) is 0 Å². The lowest BCUT2D eigenvalue weighted by molar-refractivity contribution is -0.107. The second-order valence-corrected chi connectivity index (χ2v) is 11.1. The predicted molar refractivity (Wildman–Crippen MR) is 143 cm³/mol. The van der Waals surface area contributed by atoms with Gasteiger partial charge in [-0.15, -0.1) is 23.5 Å². The monoisotopic (exact) mass is 498 g/mol. The summed E-state index contributed by atoms with van der Waals surface area (Å²) >= 11 is 3.14. The molecule has 3 aromatic rings. The van der Waals surface area contributed by atoms with Crippen molar-refractivity contribution in [3.8, 4) is 0 Å². The zero-order chi connectivity index (χ0) is 24.4. The van der Waals surface area contributed by atoms with Crippen molar-refractivity contribution >= 4 is 23.5 Å². The van der Waals surface area contributed by atoms with Crippen molar-refractivity contribution in [1.82, 2.24) is 0 Å². The van der Waals surface area contributed by atoms with E-state index in [1.165, 1.54) is 0 Å². The van der Waals surface area contributed by atoms with E-state index in [2.05, 4.69) is 0 Å². The van der Waals surface area contributed by atoms with Crippen molar-refractivity contribution in [2.24, 2.45) is 0 Å². The Kier molecular flexibility index (Phi) is 10.5. The Morgan fingerprint density at radius 1 is 0.647 bits per heavy atom. The molecule has 3 atom stereocenters. The second kappa shape index (κ2) is 13.3. The molecule has 182 valence electrons. The molecule has 0 bridgehead atoms. The lowest BCUT2D eigenvalue weighted by Crippen LogP contribution is -2.46. The Morgan fingerprint density at radius 3 is 1.38 bits per heavy atom. The van der Waals surface area contributed by atoms with Crippen molar-refractivity contribution in [3.05, 3.63) is 108 Å². The molecule has 0 aliphatic carbocycles. The van der Waals surface area contributed by atoms with E-state index in [4.69, 9.17) is 4.74 Å². The molecular weight excluding hydrogens is 464 g/mol. The Hall–Kier alpha value is -1.80. The second-order valence-electron chi connectivity index (χ2n) is 7.92. The van der Waals surface area contributed by atoms with E-state index in [0.717, 1.165) is 28.2 Å². The molecule has 6 heteroatoms. The minimum atomic E-state index is -1.33. The zero-order valence-electron chi connectivity index (χ0n) is 19.7. The third-order valence-corrected chi connectivity index (χ3v) is 8.39. The summed E-state index contributed by atoms with van der Waals surface area (Å²) in [6.07, 6.45) is -3.67. The van der Waals surface area contributed by atoms with Crippen molar-refractivity contribution < 1.29 is 20.1 Å². The van der Waals surface area contributed by atoms with Crippen molar-refractivity contribution in [1.29, 1.82) is 0 Å². The normalized spacial score (nSPS) is 14.6. The quantitative estimate of drug-likeness (QED) is 0.230. The fraction of sp³-hybridized carbons (Fsp3) is 0.357. The van der Waals surface area contributed by atoms with Crippen LogP contribution in [0, 0.1) is 0 Å². The predicted octanol–water partition coefficient (Wildman–Crippen LogP) is 4.91. The fourth-order valence-electron chi connectivity index (χ4n) is 4.04. The molecule has 0 aliphatic heterocycles. The summed E-state index contributed by atoms with van der Waals surface area (Å²) in [6, 6.07) is 29.7. The molecule has 3 rings (SSSR count). The number of rotatable bonds is 13. The third kappa shape index (κ3) is 6.25. The minimum Gasteiger partial charge on any atom is -0.388 e. The minimum absolute atomic E-state index is 0.156. The van der Waals surface area contributed by atoms with Gasteiger partial charge in [-0.2, -0.15) is 0 Å². The van der Waals surface area contributed by atoms with Gasteiger partial charge in [0.1, 0.15) is 23.9 Å². The molecule has 0 spiro atoms. The highest BCUT2D eigenvalue weighted by Gasteiger charge is 2.40. The van der Waals surface area contributed by atoms with E-state index < -0.39 is 23.9 Å². The lowest BCUT2D eigenvalue weighted by Gasteiger charge is -2.37. The summed E-state index contributed by atoms with van der Waals surface area (Å²) in [5.74, 6) is 1.63. The van der Waals surface area contributed by atoms with Gasteiger partial charge in [-0.05, 0) is 28.2 Å². The van der Waals surface area contributed by atoms with Crippen LogP contribution in [-0.2, 0) is 10.3 Å². The van der Waals surface area contributed by atoms with Crippen LogP contribution in [0.3, 0.4) is 0 Å². The van der Waals surface area contributed by atoms with Crippen LogP contribution in [0.15, 0.2) is 91.0 Å². The lowest BCUT2D eigenvalue weighted by atomic mass is 9.80. The van der Waals surface area contributed by atoms with Crippen LogP contribution in [0.4, 0.5) is 0 Å². The average molecular weight is 499 g/mol. The largest absolute Gasteiger partial charge is 0.388 e. The topological polar surface area (TPSA) is 69.9 Å². The molecule has 3 unspecified atom stereocenters. The number of hydrogen-bond donors (Lipinski definition) is 3. The van der Waals surface area contributed by atoms with Crippen LogP contribution in [0.1, 0.15) is 30.5 Å². The maximum absolute atomic E-state index is 10.9. The maximum atomic E-state index is 10.9. The average Bonchev–Trinajstić information content (AvgIpc) is 2.90. The molecule has 0 amide bonds. The summed E-state index contributed by atoms with van der Waals surface area (Å²) in [7, 11) is 0. The number of thioether (sulfide) groups is 2. The van der Waals surface area contributed by atoms with Gasteiger partial charge < -0.3 is 20.1 Å². The highest BCUT2D eigenvalue weighted by Crippen LogP contribution is 2.40. The zero-order valence-corrected chi connectivity index (χ0v) is 21.3. The van der Waals surface area contributed by atoms with Crippen molar-refractivity contribution in [3.63, 3.8) is 0 Å². The van der Waals surface area contributed by atoms with Gasteiger partial charge in [-0.3, -0.25) is 0 Å². The maximum Gasteiger partial charge on any atom is 0.143 e. The van der Waals surface area contributed by atoms with E-state index in [9.17, 15) is 15.3 Å². The van der Waals surface area contributed by atoms with E-state index in [-0.39, 0.29) is 11.2 Å². The van der Waals surface area contributed by atoms with Gasteiger partial charge in [-0.25, -0.2) is 0 Å². The standard InChI is InChI=1S/C28H34O4S2/c1-3-33-27(34-4-2)26(31)25(30)24(29)20-32-28(21-14-8-5-9-15-21,22-16-10-6-11-17-22)23-18-12-7-13-19-23/h5-19,24-27,29-31H,3-4,20H2,1-2H3. The van der Waals surface area contributed by atoms with Crippen LogP contribution in [-0.4, -0.2) is 56.3 Å². The van der Waals surface area contributed by atoms with Crippen LogP contribution >= 0.6 is 23.5 Å². The van der Waals surface area contributed by atoms with Crippen LogP contribution in [0.2, 0.25) is 0 Å². The molecule has 0 aliphatic rings. The first-order valence-electron chi connectivity index (χ1n) is 11.6. The molecule has 0 saturated heterocycles. The number of benzene rings is 3. The Bertz CT molecular complexity index is 853.